The molecule has 0 saturated carbocycles. The zero-order valence-corrected chi connectivity index (χ0v) is 19.1. The van der Waals surface area contributed by atoms with Crippen LogP contribution in [0.5, 0.6) is 5.75 Å². The van der Waals surface area contributed by atoms with Crippen LogP contribution in [0.25, 0.3) is 0 Å². The molecule has 2 aromatic rings. The van der Waals surface area contributed by atoms with E-state index in [1.807, 2.05) is 18.2 Å². The van der Waals surface area contributed by atoms with Gasteiger partial charge in [-0.2, -0.15) is 0 Å². The van der Waals surface area contributed by atoms with Gasteiger partial charge < -0.3 is 20.1 Å². The van der Waals surface area contributed by atoms with Crippen LogP contribution in [-0.2, 0) is 9.53 Å². The Kier molecular flexibility index (Phi) is 8.64. The Bertz CT molecular complexity index is 908. The first-order valence-corrected chi connectivity index (χ1v) is 11.2. The molecule has 0 aromatic heterocycles. The highest BCUT2D eigenvalue weighted by Gasteiger charge is 2.24. The van der Waals surface area contributed by atoms with Crippen molar-refractivity contribution in [3.05, 3.63) is 59.7 Å². The molecule has 32 heavy (non-hydrogen) atoms. The van der Waals surface area contributed by atoms with Gasteiger partial charge in [-0.05, 0) is 61.8 Å². The van der Waals surface area contributed by atoms with Crippen LogP contribution in [0, 0.1) is 0 Å². The molecule has 172 valence electrons. The summed E-state index contributed by atoms with van der Waals surface area (Å²) in [6.07, 6.45) is 1.20. The predicted molar refractivity (Wildman–Crippen MR) is 125 cm³/mol. The SMILES string of the molecule is CCN(CC)C(CNC(=O)c1cccc(NC(=O)C2CCCO2)c1)c1cccc(OC)c1. The Morgan fingerprint density at radius 3 is 2.62 bits per heavy atom. The zero-order chi connectivity index (χ0) is 22.9. The summed E-state index contributed by atoms with van der Waals surface area (Å²) in [6, 6.07) is 14.9. The van der Waals surface area contributed by atoms with Crippen molar-refractivity contribution in [1.29, 1.82) is 0 Å². The van der Waals surface area contributed by atoms with Crippen molar-refractivity contribution in [1.82, 2.24) is 10.2 Å². The molecule has 2 aromatic carbocycles. The summed E-state index contributed by atoms with van der Waals surface area (Å²) >= 11 is 0. The Labute approximate surface area is 190 Å². The third-order valence-electron chi connectivity index (χ3n) is 5.80. The first kappa shape index (κ1) is 23.8. The van der Waals surface area contributed by atoms with Gasteiger partial charge in [0.25, 0.3) is 11.8 Å². The highest BCUT2D eigenvalue weighted by atomic mass is 16.5. The van der Waals surface area contributed by atoms with Crippen LogP contribution in [-0.4, -0.2) is 56.2 Å². The minimum Gasteiger partial charge on any atom is -0.497 e. The number of anilines is 1. The first-order valence-electron chi connectivity index (χ1n) is 11.2. The van der Waals surface area contributed by atoms with E-state index in [2.05, 4.69) is 35.4 Å². The molecule has 7 heteroatoms. The molecule has 3 rings (SSSR count). The van der Waals surface area contributed by atoms with E-state index in [-0.39, 0.29) is 17.9 Å². The number of hydrogen-bond donors (Lipinski definition) is 2. The van der Waals surface area contributed by atoms with Crippen LogP contribution in [0.4, 0.5) is 5.69 Å². The number of likely N-dealkylation sites (N-methyl/N-ethyl adjacent to an activating group) is 1. The lowest BCUT2D eigenvalue weighted by Crippen LogP contribution is -2.38. The average Bonchev–Trinajstić information content (AvgIpc) is 3.37. The molecule has 2 amide bonds. The van der Waals surface area contributed by atoms with Gasteiger partial charge in [-0.15, -0.1) is 0 Å². The van der Waals surface area contributed by atoms with Crippen LogP contribution in [0.15, 0.2) is 48.5 Å². The molecular weight excluding hydrogens is 406 g/mol. The van der Waals surface area contributed by atoms with Crippen molar-refractivity contribution in [2.75, 3.05) is 38.7 Å². The number of rotatable bonds is 10. The Morgan fingerprint density at radius 1 is 1.16 bits per heavy atom. The molecule has 0 spiro atoms. The van der Waals surface area contributed by atoms with E-state index in [0.717, 1.165) is 37.2 Å². The molecule has 1 aliphatic heterocycles. The third kappa shape index (κ3) is 6.08. The number of carbonyl (C=O) groups is 2. The molecule has 2 unspecified atom stereocenters. The summed E-state index contributed by atoms with van der Waals surface area (Å²) in [6.45, 7) is 7.01. The van der Waals surface area contributed by atoms with Crippen LogP contribution >= 0.6 is 0 Å². The topological polar surface area (TPSA) is 79.9 Å². The second kappa shape index (κ2) is 11.6. The van der Waals surface area contributed by atoms with Crippen LogP contribution in [0.2, 0.25) is 0 Å². The summed E-state index contributed by atoms with van der Waals surface area (Å²) in [4.78, 5) is 27.5. The summed E-state index contributed by atoms with van der Waals surface area (Å²) < 4.78 is 10.8. The number of ether oxygens (including phenoxy) is 2. The number of benzene rings is 2. The minimum absolute atomic E-state index is 0.0199. The lowest BCUT2D eigenvalue weighted by Gasteiger charge is -2.30. The van der Waals surface area contributed by atoms with E-state index in [1.54, 1.807) is 31.4 Å². The van der Waals surface area contributed by atoms with Gasteiger partial charge in [0.05, 0.1) is 13.2 Å². The highest BCUT2D eigenvalue weighted by molar-refractivity contribution is 5.98. The van der Waals surface area contributed by atoms with Gasteiger partial charge in [-0.3, -0.25) is 14.5 Å². The molecule has 1 saturated heterocycles. The normalized spacial score (nSPS) is 16.6. The Morgan fingerprint density at radius 2 is 1.94 bits per heavy atom. The van der Waals surface area contributed by atoms with E-state index < -0.39 is 6.10 Å². The number of amides is 2. The van der Waals surface area contributed by atoms with E-state index in [1.165, 1.54) is 0 Å². The molecule has 7 nitrogen and oxygen atoms in total. The lowest BCUT2D eigenvalue weighted by atomic mass is 10.0. The van der Waals surface area contributed by atoms with Crippen molar-refractivity contribution < 1.29 is 19.1 Å². The summed E-state index contributed by atoms with van der Waals surface area (Å²) in [7, 11) is 1.65. The van der Waals surface area contributed by atoms with Gasteiger partial charge in [-0.1, -0.05) is 32.0 Å². The zero-order valence-electron chi connectivity index (χ0n) is 19.1. The van der Waals surface area contributed by atoms with Crippen molar-refractivity contribution >= 4 is 17.5 Å². The number of carbonyl (C=O) groups excluding carboxylic acids is 2. The van der Waals surface area contributed by atoms with E-state index in [0.29, 0.717) is 24.4 Å². The van der Waals surface area contributed by atoms with Gasteiger partial charge >= 0.3 is 0 Å². The predicted octanol–water partition coefficient (Wildman–Crippen LogP) is 3.63. The highest BCUT2D eigenvalue weighted by Crippen LogP contribution is 2.24. The molecule has 1 fully saturated rings. The quantitative estimate of drug-likeness (QED) is 0.591. The minimum atomic E-state index is -0.412. The molecule has 2 atom stereocenters. The number of nitrogens with zero attached hydrogens (tertiary/aromatic N) is 1. The van der Waals surface area contributed by atoms with Gasteiger partial charge in [0, 0.05) is 24.4 Å². The van der Waals surface area contributed by atoms with E-state index in [4.69, 9.17) is 9.47 Å². The van der Waals surface area contributed by atoms with Gasteiger partial charge in [0.15, 0.2) is 0 Å². The standard InChI is InChI=1S/C25H33N3O4/c1-4-28(5-2)22(18-9-7-12-21(16-18)31-3)17-26-24(29)19-10-6-11-20(15-19)27-25(30)23-13-8-14-32-23/h6-7,9-12,15-16,22-23H,4-5,8,13-14,17H2,1-3H3,(H,26,29)(H,27,30). The summed E-state index contributed by atoms with van der Waals surface area (Å²) in [5.41, 5.74) is 2.18. The molecule has 1 aliphatic rings. The maximum atomic E-state index is 12.9. The second-order valence-electron chi connectivity index (χ2n) is 7.80. The maximum absolute atomic E-state index is 12.9. The Balaban J connectivity index is 1.68. The van der Waals surface area contributed by atoms with Gasteiger partial charge in [-0.25, -0.2) is 0 Å². The fourth-order valence-electron chi connectivity index (χ4n) is 4.01. The largest absolute Gasteiger partial charge is 0.497 e. The van der Waals surface area contributed by atoms with Gasteiger partial charge in [0.1, 0.15) is 11.9 Å². The smallest absolute Gasteiger partial charge is 0.253 e. The molecule has 0 aliphatic carbocycles. The van der Waals surface area contributed by atoms with Crippen LogP contribution < -0.4 is 15.4 Å². The lowest BCUT2D eigenvalue weighted by molar-refractivity contribution is -0.124. The van der Waals surface area contributed by atoms with E-state index >= 15 is 0 Å². The fourth-order valence-corrected chi connectivity index (χ4v) is 4.01. The average molecular weight is 440 g/mol. The number of methoxy groups -OCH3 is 1. The summed E-state index contributed by atoms with van der Waals surface area (Å²) in [5, 5.41) is 5.91. The van der Waals surface area contributed by atoms with Crippen LogP contribution in [0.3, 0.4) is 0 Å². The number of nitrogens with one attached hydrogen (secondary N) is 2. The molecule has 0 bridgehead atoms. The first-order chi connectivity index (χ1) is 15.5. The van der Waals surface area contributed by atoms with Gasteiger partial charge in [0.2, 0.25) is 0 Å². The van der Waals surface area contributed by atoms with Crippen molar-refractivity contribution in [3.8, 4) is 5.75 Å². The van der Waals surface area contributed by atoms with E-state index in [9.17, 15) is 9.59 Å². The van der Waals surface area contributed by atoms with Crippen molar-refractivity contribution in [2.45, 2.75) is 38.8 Å². The monoisotopic (exact) mass is 439 g/mol. The maximum Gasteiger partial charge on any atom is 0.253 e. The van der Waals surface area contributed by atoms with Crippen molar-refractivity contribution in [2.24, 2.45) is 0 Å². The molecular formula is C25H33N3O4. The Hall–Kier alpha value is -2.90. The number of hydrogen-bond acceptors (Lipinski definition) is 5. The third-order valence-corrected chi connectivity index (χ3v) is 5.80. The van der Waals surface area contributed by atoms with Crippen molar-refractivity contribution in [3.63, 3.8) is 0 Å². The molecule has 0 radical (unpaired) electrons. The fraction of sp³-hybridized carbons (Fsp3) is 0.440. The molecule has 2 N–H and O–H groups in total. The van der Waals surface area contributed by atoms with Crippen LogP contribution in [0.1, 0.15) is 48.7 Å². The summed E-state index contributed by atoms with van der Waals surface area (Å²) in [5.74, 6) is 0.443. The molecule has 1 heterocycles. The second-order valence-corrected chi connectivity index (χ2v) is 7.80.